The van der Waals surface area contributed by atoms with Gasteiger partial charge in [-0.1, -0.05) is 67.0 Å². The molecule has 35 nitrogen and oxygen atoms in total. The maximum atomic E-state index is 16.2. The molecule has 5 aromatic carbocycles. The molecular weight excluding hydrogens is 1480 g/mol. The minimum absolute atomic E-state index is 0.0818. The lowest BCUT2D eigenvalue weighted by Crippen LogP contribution is -2.64. The molecule has 13 rings (SSSR count). The third-order valence-corrected chi connectivity index (χ3v) is 20.2. The van der Waals surface area contributed by atoms with E-state index in [2.05, 4.69) is 47.2 Å². The van der Waals surface area contributed by atoms with Gasteiger partial charge in [0.1, 0.15) is 89.2 Å². The number of nitrogens with two attached hydrogens (primary N) is 3. The van der Waals surface area contributed by atoms with E-state index >= 15 is 14.4 Å². The fourth-order valence-electron chi connectivity index (χ4n) is 13.1. The van der Waals surface area contributed by atoms with Crippen LogP contribution in [0.25, 0.3) is 11.1 Å². The third kappa shape index (κ3) is 17.1. The van der Waals surface area contributed by atoms with E-state index in [1.165, 1.54) is 45.3 Å². The number of aromatic nitrogens is 2. The Hall–Kier alpha value is -9.93. The molecule has 18 atom stereocenters. The van der Waals surface area contributed by atoms with Crippen molar-refractivity contribution < 1.29 is 113 Å². The van der Waals surface area contributed by atoms with Gasteiger partial charge in [-0.2, -0.15) is 0 Å². The number of carbonyl (C=O) groups is 8. The second-order valence-corrected chi connectivity index (χ2v) is 28.9. The molecule has 7 aliphatic heterocycles. The van der Waals surface area contributed by atoms with Crippen molar-refractivity contribution in [1.29, 1.82) is 0 Å². The molecular formula is C70H78Cl2N12O23S. The van der Waals surface area contributed by atoms with Crippen LogP contribution in [0.4, 0.5) is 5.82 Å². The number of phenolic OH excluding ortho intramolecular Hbond substituents is 3. The Balaban J connectivity index is 1.16. The topological polar surface area (TPSA) is 562 Å². The third-order valence-electron chi connectivity index (χ3n) is 18.6. The number of hydrogen-bond acceptors (Lipinski definition) is 28. The van der Waals surface area contributed by atoms with Crippen LogP contribution in [-0.2, 0) is 52.6 Å². The van der Waals surface area contributed by atoms with E-state index in [9.17, 15) is 69.9 Å². The zero-order chi connectivity index (χ0) is 78.2. The van der Waals surface area contributed by atoms with Crippen LogP contribution in [0.15, 0.2) is 96.3 Å². The molecule has 108 heavy (non-hydrogen) atoms. The number of aromatic hydroxyl groups is 3. The van der Waals surface area contributed by atoms with E-state index in [4.69, 9.17) is 68.8 Å². The van der Waals surface area contributed by atoms with Gasteiger partial charge < -0.3 is 129 Å². The molecule has 38 heteroatoms. The Morgan fingerprint density at radius 2 is 1.37 bits per heavy atom. The standard InChI is InChI=1S/C70H78Cl2N12O23S/c1-25(2)14-36(76-5)61(94)83-52-54(89)28-7-10-40(34(71)16-28)103-42-18-30-19-43(58(42)107-68-59(106-47-23-70(4,75)60(93)26(3)102-47)57(92)56(91)44(105-68)24-108-69-77-13-12-45(73)79-69)104-41-11-8-29(17-35(41)72)55(90)53-66(99)82-51(67(100)101)33-20-31(85)21-39(87)48(33)32-15-27(6-9-38(32)86)49(63(96)84-53)81-64(97)50(30)80-62(95)37(22-46(74)88)78-65(52)98/h6-13,15-21,25-26,36-37,44,47,49-57,59-60,68,76,85-87,89-93H,14,22-24,75H2,1-5H3,(H2,74,88)(H,78,98)(H,80,95)(H,81,97)(H,82,99)(H,83,94)(H,84,96)(H,100,101)(H2,73,77,79)/t26?,36-,37-,44?,47?,49?,50+,51+,52+,53-,54+,55+,56?,57?,59?,60?,68?,70?/m0/s1. The molecule has 0 spiro atoms. The average Bonchev–Trinajstić information content (AvgIpc) is 0.767. The fourth-order valence-corrected chi connectivity index (χ4v) is 14.4. The first-order valence-corrected chi connectivity index (χ1v) is 35.4. The highest BCUT2D eigenvalue weighted by molar-refractivity contribution is 7.99. The van der Waals surface area contributed by atoms with E-state index in [1.807, 2.05) is 13.8 Å². The number of thioether (sulfide) groups is 1. The first-order chi connectivity index (χ1) is 51.1. The molecule has 0 radical (unpaired) electrons. The van der Waals surface area contributed by atoms with Gasteiger partial charge in [-0.3, -0.25) is 33.6 Å². The monoisotopic (exact) mass is 1560 g/mol. The summed E-state index contributed by atoms with van der Waals surface area (Å²) < 4.78 is 39.5. The Morgan fingerprint density at radius 1 is 0.741 bits per heavy atom. The molecule has 6 aromatic rings. The number of carbonyl (C=O) groups excluding carboxylic acids is 7. The molecule has 8 heterocycles. The van der Waals surface area contributed by atoms with Gasteiger partial charge in [-0.05, 0) is 116 Å². The molecule has 10 unspecified atom stereocenters. The van der Waals surface area contributed by atoms with Gasteiger partial charge in [0, 0.05) is 46.7 Å². The smallest absolute Gasteiger partial charge is 0.330 e. The highest BCUT2D eigenvalue weighted by Gasteiger charge is 2.52. The van der Waals surface area contributed by atoms with Crippen molar-refractivity contribution in [3.05, 3.63) is 129 Å². The molecule has 11 bridgehead atoms. The predicted octanol–water partition coefficient (Wildman–Crippen LogP) is 1.28. The normalized spacial score (nSPS) is 28.3. The summed E-state index contributed by atoms with van der Waals surface area (Å²) in [6.07, 6.45) is -16.8. The van der Waals surface area contributed by atoms with E-state index in [0.717, 1.165) is 78.5 Å². The summed E-state index contributed by atoms with van der Waals surface area (Å²) in [5.41, 5.74) is 14.1. The van der Waals surface area contributed by atoms with Crippen LogP contribution in [0.2, 0.25) is 10.0 Å². The zero-order valence-electron chi connectivity index (χ0n) is 57.9. The van der Waals surface area contributed by atoms with Crippen molar-refractivity contribution in [3.63, 3.8) is 0 Å². The zero-order valence-corrected chi connectivity index (χ0v) is 60.2. The number of carboxylic acids is 1. The minimum Gasteiger partial charge on any atom is -0.508 e. The number of halogens is 2. The molecule has 2 fully saturated rings. The summed E-state index contributed by atoms with van der Waals surface area (Å²) in [7, 11) is 1.48. The summed E-state index contributed by atoms with van der Waals surface area (Å²) in [6, 6.07) is 0.881. The van der Waals surface area contributed by atoms with Crippen LogP contribution in [0.3, 0.4) is 0 Å². The summed E-state index contributed by atoms with van der Waals surface area (Å²) in [4.78, 5) is 126. The average molecular weight is 1560 g/mol. The van der Waals surface area contributed by atoms with Crippen molar-refractivity contribution >= 4 is 88.1 Å². The quantitative estimate of drug-likeness (QED) is 0.0508. The Kier molecular flexibility index (Phi) is 23.8. The van der Waals surface area contributed by atoms with Crippen molar-refractivity contribution in [1.82, 2.24) is 47.2 Å². The summed E-state index contributed by atoms with van der Waals surface area (Å²) in [5, 5.41) is 122. The number of hydrogen-bond donors (Lipinski definition) is 19. The maximum Gasteiger partial charge on any atom is 0.330 e. The Bertz CT molecular complexity index is 4510. The molecule has 576 valence electrons. The van der Waals surface area contributed by atoms with E-state index in [-0.39, 0.29) is 68.7 Å². The van der Waals surface area contributed by atoms with Crippen LogP contribution < -0.4 is 68.6 Å². The number of rotatable bonds is 15. The van der Waals surface area contributed by atoms with Crippen molar-refractivity contribution in [3.8, 4) is 57.1 Å². The van der Waals surface area contributed by atoms with Gasteiger partial charge in [-0.15, -0.1) is 0 Å². The number of primary amides is 1. The number of fused-ring (bicyclic) bond motifs is 15. The largest absolute Gasteiger partial charge is 0.508 e. The molecule has 7 aliphatic rings. The number of amides is 7. The molecule has 1 aromatic heterocycles. The number of anilines is 1. The predicted molar refractivity (Wildman–Crippen MR) is 379 cm³/mol. The minimum atomic E-state index is -2.35. The summed E-state index contributed by atoms with van der Waals surface area (Å²) in [5.74, 6) is -16.1. The lowest BCUT2D eigenvalue weighted by Gasteiger charge is -2.47. The molecule has 7 amide bonds. The van der Waals surface area contributed by atoms with Gasteiger partial charge in [0.05, 0.1) is 40.8 Å². The first-order valence-electron chi connectivity index (χ1n) is 33.6. The lowest BCUT2D eigenvalue weighted by atomic mass is 9.86. The second kappa shape index (κ2) is 32.5. The molecule has 22 N–H and O–H groups in total. The van der Waals surface area contributed by atoms with Gasteiger partial charge in [0.15, 0.2) is 35.1 Å². The number of aliphatic carboxylic acids is 1. The summed E-state index contributed by atoms with van der Waals surface area (Å²) in [6.45, 7) is 6.67. The number of nitrogen functional groups attached to an aromatic ring is 1. The van der Waals surface area contributed by atoms with Gasteiger partial charge in [-0.25, -0.2) is 14.8 Å². The lowest BCUT2D eigenvalue weighted by molar-refractivity contribution is -0.329. The molecule has 0 aliphatic carbocycles. The summed E-state index contributed by atoms with van der Waals surface area (Å²) >= 11 is 15.2. The van der Waals surface area contributed by atoms with E-state index < -0.39 is 225 Å². The van der Waals surface area contributed by atoms with E-state index in [0.29, 0.717) is 0 Å². The highest BCUT2D eigenvalue weighted by Crippen LogP contribution is 2.50. The number of nitrogens with zero attached hydrogens (tertiary/aromatic N) is 2. The van der Waals surface area contributed by atoms with Crippen molar-refractivity contribution in [2.75, 3.05) is 18.5 Å². The van der Waals surface area contributed by atoms with Gasteiger partial charge >= 0.3 is 5.97 Å². The Labute approximate surface area is 628 Å². The number of likely N-dealkylation sites (N-methyl/N-ethyl adjacent to an activating group) is 1. The van der Waals surface area contributed by atoms with Crippen LogP contribution in [0.1, 0.15) is 105 Å². The van der Waals surface area contributed by atoms with Crippen molar-refractivity contribution in [2.24, 2.45) is 17.4 Å². The van der Waals surface area contributed by atoms with Crippen molar-refractivity contribution in [2.45, 2.75) is 161 Å². The van der Waals surface area contributed by atoms with E-state index in [1.54, 1.807) is 0 Å². The van der Waals surface area contributed by atoms with Crippen LogP contribution >= 0.6 is 35.0 Å². The molecule has 2 saturated heterocycles. The van der Waals surface area contributed by atoms with Crippen LogP contribution in [-0.4, -0.2) is 195 Å². The number of phenols is 3. The molecule has 0 saturated carbocycles. The van der Waals surface area contributed by atoms with Gasteiger partial charge in [0.2, 0.25) is 53.4 Å². The fraction of sp³-hybridized carbons (Fsp3) is 0.400. The maximum absolute atomic E-state index is 16.2. The first kappa shape index (κ1) is 79.1. The number of ether oxygens (including phenoxy) is 6. The van der Waals surface area contributed by atoms with Crippen LogP contribution in [0.5, 0.6) is 46.0 Å². The number of carboxylic acid groups (broad SMARTS) is 1. The Morgan fingerprint density at radius 3 is 1.98 bits per heavy atom. The number of aliphatic hydroxyl groups is 5. The van der Waals surface area contributed by atoms with Gasteiger partial charge in [0.25, 0.3) is 0 Å². The second-order valence-electron chi connectivity index (χ2n) is 27.1. The highest BCUT2D eigenvalue weighted by atomic mass is 35.5. The number of nitrogens with one attached hydrogen (secondary N) is 7. The SMILES string of the molecule is CN[C@@H](CC(C)C)C(=O)N[C@H]1C(=O)N[C@@H](CC(N)=O)C(=O)N[C@H]2C(=O)NC3C(=O)N[C@H](C(=O)N[C@@H](C(=O)O)c4cc(O)cc(O)c4-c4cc3ccc4O)[C@H](O)c3ccc(c(Cl)c3)Oc3cc2cc(c3OC2OC(CSc3nccc(N)n3)C(O)C(O)C2OC2CC(C)(N)C(O)C(C)O2)Oc2ccc(cc2Cl)[C@H]1O. The number of aliphatic hydroxyl groups excluding tert-OH is 5. The van der Waals surface area contributed by atoms with Crippen LogP contribution in [0, 0.1) is 5.92 Å². The number of benzene rings is 5.